The van der Waals surface area contributed by atoms with Crippen LogP contribution in [-0.4, -0.2) is 37.2 Å². The first-order valence-electron chi connectivity index (χ1n) is 9.82. The number of carbonyl (C=O) groups excluding carboxylic acids is 2. The maximum absolute atomic E-state index is 12.8. The number of hydrogen-bond donors (Lipinski definition) is 2. The van der Waals surface area contributed by atoms with Gasteiger partial charge in [0.1, 0.15) is 12.4 Å². The Morgan fingerprint density at radius 2 is 1.94 bits per heavy atom. The quantitative estimate of drug-likeness (QED) is 0.611. The summed E-state index contributed by atoms with van der Waals surface area (Å²) in [6, 6.07) is 19.7. The Bertz CT molecular complexity index is 1090. The van der Waals surface area contributed by atoms with E-state index in [1.54, 1.807) is 35.2 Å². The third-order valence-electron chi connectivity index (χ3n) is 4.76. The first-order chi connectivity index (χ1) is 15.1. The summed E-state index contributed by atoms with van der Waals surface area (Å²) in [4.78, 5) is 30.7. The van der Waals surface area contributed by atoms with Crippen LogP contribution in [-0.2, 0) is 11.3 Å². The van der Waals surface area contributed by atoms with Crippen molar-refractivity contribution in [2.45, 2.75) is 6.54 Å². The second-order valence-corrected chi connectivity index (χ2v) is 6.86. The number of anilines is 3. The van der Waals surface area contributed by atoms with Gasteiger partial charge in [-0.1, -0.05) is 30.3 Å². The van der Waals surface area contributed by atoms with Crippen LogP contribution in [0, 0.1) is 0 Å². The van der Waals surface area contributed by atoms with Crippen molar-refractivity contribution in [3.05, 3.63) is 77.9 Å². The largest absolute Gasteiger partial charge is 0.488 e. The van der Waals surface area contributed by atoms with E-state index in [2.05, 4.69) is 15.6 Å². The molecule has 0 aliphatic carbocycles. The van der Waals surface area contributed by atoms with Gasteiger partial charge in [-0.2, -0.15) is 0 Å². The van der Waals surface area contributed by atoms with Gasteiger partial charge in [0.15, 0.2) is 11.6 Å². The van der Waals surface area contributed by atoms with Gasteiger partial charge in [-0.05, 0) is 42.0 Å². The van der Waals surface area contributed by atoms with E-state index in [0.29, 0.717) is 48.3 Å². The average molecular weight is 418 g/mol. The number of nitrogens with zero attached hydrogens (tertiary/aromatic N) is 2. The van der Waals surface area contributed by atoms with Crippen LogP contribution in [0.1, 0.15) is 15.9 Å². The number of para-hydroxylation sites is 1. The van der Waals surface area contributed by atoms with Crippen molar-refractivity contribution in [1.29, 1.82) is 0 Å². The first kappa shape index (κ1) is 20.2. The minimum atomic E-state index is -0.383. The highest BCUT2D eigenvalue weighted by Gasteiger charge is 2.25. The monoisotopic (exact) mass is 418 g/mol. The minimum Gasteiger partial charge on any atom is -0.488 e. The number of fused-ring (bicyclic) bond motifs is 1. The van der Waals surface area contributed by atoms with E-state index in [1.165, 1.54) is 7.11 Å². The number of carbonyl (C=O) groups is 2. The molecular weight excluding hydrogens is 396 g/mol. The smallest absolute Gasteiger partial charge is 0.337 e. The van der Waals surface area contributed by atoms with Crippen molar-refractivity contribution in [2.75, 3.05) is 35.8 Å². The lowest BCUT2D eigenvalue weighted by Crippen LogP contribution is -2.41. The van der Waals surface area contributed by atoms with Crippen LogP contribution in [0.25, 0.3) is 0 Å². The predicted octanol–water partition coefficient (Wildman–Crippen LogP) is 3.91. The molecule has 0 saturated carbocycles. The molecule has 2 heterocycles. The van der Waals surface area contributed by atoms with Gasteiger partial charge in [0, 0.05) is 12.2 Å². The molecule has 2 N–H and O–H groups in total. The summed E-state index contributed by atoms with van der Waals surface area (Å²) in [6.07, 6.45) is 0. The molecule has 0 radical (unpaired) electrons. The molecule has 0 spiro atoms. The fourth-order valence-corrected chi connectivity index (χ4v) is 3.22. The van der Waals surface area contributed by atoms with E-state index in [-0.39, 0.29) is 12.0 Å². The van der Waals surface area contributed by atoms with Crippen LogP contribution in [0.3, 0.4) is 0 Å². The Kier molecular flexibility index (Phi) is 5.98. The summed E-state index contributed by atoms with van der Waals surface area (Å²) < 4.78 is 10.4. The molecule has 1 aromatic heterocycles. The number of ether oxygens (including phenoxy) is 2. The minimum absolute atomic E-state index is 0.272. The van der Waals surface area contributed by atoms with Crippen molar-refractivity contribution in [3.8, 4) is 5.75 Å². The maximum Gasteiger partial charge on any atom is 0.337 e. The zero-order valence-corrected chi connectivity index (χ0v) is 17.0. The fraction of sp³-hybridized carbons (Fsp3) is 0.174. The van der Waals surface area contributed by atoms with Gasteiger partial charge >= 0.3 is 12.0 Å². The summed E-state index contributed by atoms with van der Waals surface area (Å²) in [5.41, 5.74) is 2.09. The SMILES string of the molecule is COC(=O)c1cccc(CNc2ccc3c(n2)N(C(=O)Nc2ccccc2)CCO3)c1. The number of benzene rings is 2. The van der Waals surface area contributed by atoms with E-state index in [9.17, 15) is 9.59 Å². The summed E-state index contributed by atoms with van der Waals surface area (Å²) >= 11 is 0. The molecule has 1 aliphatic heterocycles. The number of amides is 2. The molecule has 8 nitrogen and oxygen atoms in total. The normalized spacial score (nSPS) is 12.4. The summed E-state index contributed by atoms with van der Waals surface area (Å²) in [5.74, 6) is 1.21. The van der Waals surface area contributed by atoms with Crippen molar-refractivity contribution in [3.63, 3.8) is 0 Å². The van der Waals surface area contributed by atoms with Gasteiger partial charge in [-0.15, -0.1) is 0 Å². The number of aromatic nitrogens is 1. The van der Waals surface area contributed by atoms with E-state index < -0.39 is 0 Å². The molecule has 2 aromatic carbocycles. The molecular formula is C23H22N4O4. The second kappa shape index (κ2) is 9.17. The van der Waals surface area contributed by atoms with Gasteiger partial charge < -0.3 is 20.1 Å². The zero-order valence-electron chi connectivity index (χ0n) is 17.0. The Hall–Kier alpha value is -4.07. The zero-order chi connectivity index (χ0) is 21.6. The lowest BCUT2D eigenvalue weighted by atomic mass is 10.1. The topological polar surface area (TPSA) is 92.8 Å². The van der Waals surface area contributed by atoms with Gasteiger partial charge in [0.05, 0.1) is 19.2 Å². The van der Waals surface area contributed by atoms with E-state index in [1.807, 2.05) is 36.4 Å². The summed E-state index contributed by atoms with van der Waals surface area (Å²) in [5, 5.41) is 6.11. The average Bonchev–Trinajstić information content (AvgIpc) is 2.82. The third-order valence-corrected chi connectivity index (χ3v) is 4.76. The molecule has 0 saturated heterocycles. The molecule has 0 atom stereocenters. The molecule has 4 rings (SSSR count). The molecule has 31 heavy (non-hydrogen) atoms. The second-order valence-electron chi connectivity index (χ2n) is 6.86. The molecule has 8 heteroatoms. The van der Waals surface area contributed by atoms with Gasteiger partial charge in [0.2, 0.25) is 0 Å². The highest BCUT2D eigenvalue weighted by Crippen LogP contribution is 2.31. The number of rotatable bonds is 5. The number of esters is 1. The molecule has 158 valence electrons. The number of methoxy groups -OCH3 is 1. The van der Waals surface area contributed by atoms with Crippen LogP contribution in [0.5, 0.6) is 5.75 Å². The summed E-state index contributed by atoms with van der Waals surface area (Å²) in [6.45, 7) is 1.24. The molecule has 1 aliphatic rings. The van der Waals surface area contributed by atoms with Crippen molar-refractivity contribution < 1.29 is 19.1 Å². The number of urea groups is 1. The number of nitrogens with one attached hydrogen (secondary N) is 2. The molecule has 0 bridgehead atoms. The van der Waals surface area contributed by atoms with Gasteiger partial charge in [0.25, 0.3) is 0 Å². The third kappa shape index (κ3) is 4.75. The molecule has 0 fully saturated rings. The fourth-order valence-electron chi connectivity index (χ4n) is 3.22. The first-order valence-corrected chi connectivity index (χ1v) is 9.82. The molecule has 0 unspecified atom stereocenters. The Morgan fingerprint density at radius 3 is 2.74 bits per heavy atom. The summed E-state index contributed by atoms with van der Waals surface area (Å²) in [7, 11) is 1.35. The Morgan fingerprint density at radius 1 is 1.10 bits per heavy atom. The van der Waals surface area contributed by atoms with Crippen LogP contribution in [0.4, 0.5) is 22.1 Å². The highest BCUT2D eigenvalue weighted by atomic mass is 16.5. The van der Waals surface area contributed by atoms with Crippen LogP contribution in [0.15, 0.2) is 66.7 Å². The van der Waals surface area contributed by atoms with Gasteiger partial charge in [-0.3, -0.25) is 4.90 Å². The van der Waals surface area contributed by atoms with Crippen molar-refractivity contribution in [2.24, 2.45) is 0 Å². The van der Waals surface area contributed by atoms with Gasteiger partial charge in [-0.25, -0.2) is 14.6 Å². The van der Waals surface area contributed by atoms with E-state index in [0.717, 1.165) is 5.56 Å². The van der Waals surface area contributed by atoms with E-state index >= 15 is 0 Å². The standard InChI is InChI=1S/C23H22N4O4/c1-30-22(28)17-7-5-6-16(14-17)15-24-20-11-10-19-21(26-20)27(12-13-31-19)23(29)25-18-8-3-2-4-9-18/h2-11,14H,12-13,15H2,1H3,(H,24,26)(H,25,29). The number of pyridine rings is 1. The van der Waals surface area contributed by atoms with Crippen LogP contribution in [0.2, 0.25) is 0 Å². The van der Waals surface area contributed by atoms with E-state index in [4.69, 9.17) is 9.47 Å². The molecule has 2 amide bonds. The maximum atomic E-state index is 12.8. The predicted molar refractivity (Wildman–Crippen MR) is 118 cm³/mol. The van der Waals surface area contributed by atoms with Crippen LogP contribution >= 0.6 is 0 Å². The van der Waals surface area contributed by atoms with Crippen molar-refractivity contribution >= 4 is 29.3 Å². The number of hydrogen-bond acceptors (Lipinski definition) is 6. The highest BCUT2D eigenvalue weighted by molar-refractivity contribution is 6.02. The Labute approximate surface area is 179 Å². The van der Waals surface area contributed by atoms with Crippen molar-refractivity contribution in [1.82, 2.24) is 4.98 Å². The Balaban J connectivity index is 1.49. The lowest BCUT2D eigenvalue weighted by Gasteiger charge is -2.28. The molecule has 3 aromatic rings. The van der Waals surface area contributed by atoms with Crippen LogP contribution < -0.4 is 20.3 Å². The lowest BCUT2D eigenvalue weighted by molar-refractivity contribution is 0.0600.